The molecule has 0 aromatic heterocycles. The highest BCUT2D eigenvalue weighted by molar-refractivity contribution is 5.84. The minimum Gasteiger partial charge on any atom is -0.454 e. The van der Waals surface area contributed by atoms with Crippen LogP contribution in [0.5, 0.6) is 11.5 Å². The number of hydrogen-bond acceptors (Lipinski definition) is 5. The van der Waals surface area contributed by atoms with Gasteiger partial charge in [-0.05, 0) is 17.7 Å². The quantitative estimate of drug-likeness (QED) is 0.854. The Morgan fingerprint density at radius 1 is 1.12 bits per heavy atom. The van der Waals surface area contributed by atoms with Crippen molar-refractivity contribution in [2.45, 2.75) is 19.9 Å². The number of nitrogens with one attached hydrogen (secondary N) is 1. The molecule has 7 nitrogen and oxygen atoms in total. The predicted molar refractivity (Wildman–Crippen MR) is 87.7 cm³/mol. The fraction of sp³-hybridized carbons (Fsp3) is 0.529. The Morgan fingerprint density at radius 3 is 2.62 bits per heavy atom. The normalized spacial score (nSPS) is 17.0. The molecule has 24 heavy (non-hydrogen) atoms. The lowest BCUT2D eigenvalue weighted by Crippen LogP contribution is -2.50. The van der Waals surface area contributed by atoms with E-state index in [2.05, 4.69) is 10.2 Å². The molecule has 0 radical (unpaired) electrons. The smallest absolute Gasteiger partial charge is 0.242 e. The average molecular weight is 333 g/mol. The van der Waals surface area contributed by atoms with E-state index in [0.717, 1.165) is 31.1 Å². The minimum absolute atomic E-state index is 0.0143. The number of fused-ring (bicyclic) bond motifs is 1. The van der Waals surface area contributed by atoms with Crippen LogP contribution in [0.1, 0.15) is 18.9 Å². The standard InChI is InChI=1S/C17H23N3O4/c1-2-16(21)18-10-17(22)20-7-5-19(6-8-20)11-13-3-4-14-15(9-13)24-12-23-14/h3-4,9H,2,5-8,10-12H2,1H3,(H,18,21). The zero-order valence-electron chi connectivity index (χ0n) is 13.9. The van der Waals surface area contributed by atoms with Crippen molar-refractivity contribution in [3.63, 3.8) is 0 Å². The maximum Gasteiger partial charge on any atom is 0.242 e. The maximum absolute atomic E-state index is 12.1. The second-order valence-electron chi connectivity index (χ2n) is 5.97. The van der Waals surface area contributed by atoms with Crippen LogP contribution < -0.4 is 14.8 Å². The Balaban J connectivity index is 1.45. The van der Waals surface area contributed by atoms with Gasteiger partial charge in [0.2, 0.25) is 18.6 Å². The van der Waals surface area contributed by atoms with E-state index in [0.29, 0.717) is 19.5 Å². The third-order valence-electron chi connectivity index (χ3n) is 4.33. The molecule has 0 bridgehead atoms. The molecule has 3 rings (SSSR count). The van der Waals surface area contributed by atoms with Crippen molar-refractivity contribution >= 4 is 11.8 Å². The molecule has 130 valence electrons. The van der Waals surface area contributed by atoms with Crippen molar-refractivity contribution in [2.75, 3.05) is 39.5 Å². The molecular weight excluding hydrogens is 310 g/mol. The first-order chi connectivity index (χ1) is 11.7. The maximum atomic E-state index is 12.1. The number of benzene rings is 1. The van der Waals surface area contributed by atoms with Crippen molar-refractivity contribution in [2.24, 2.45) is 0 Å². The number of amides is 2. The summed E-state index contributed by atoms with van der Waals surface area (Å²) in [4.78, 5) is 27.4. The van der Waals surface area contributed by atoms with Gasteiger partial charge in [0.25, 0.3) is 0 Å². The summed E-state index contributed by atoms with van der Waals surface area (Å²) in [6, 6.07) is 6.00. The van der Waals surface area contributed by atoms with Gasteiger partial charge < -0.3 is 19.7 Å². The van der Waals surface area contributed by atoms with Crippen LogP contribution in [-0.4, -0.2) is 61.1 Å². The van der Waals surface area contributed by atoms with E-state index in [1.807, 2.05) is 23.1 Å². The lowest BCUT2D eigenvalue weighted by Gasteiger charge is -2.34. The van der Waals surface area contributed by atoms with Gasteiger partial charge in [-0.2, -0.15) is 0 Å². The summed E-state index contributed by atoms with van der Waals surface area (Å²) in [5.41, 5.74) is 1.18. The van der Waals surface area contributed by atoms with Gasteiger partial charge in [-0.3, -0.25) is 14.5 Å². The predicted octanol–water partition coefficient (Wildman–Crippen LogP) is 0.586. The second kappa shape index (κ2) is 7.53. The van der Waals surface area contributed by atoms with Crippen LogP contribution >= 0.6 is 0 Å². The van der Waals surface area contributed by atoms with Gasteiger partial charge in [0.05, 0.1) is 6.54 Å². The largest absolute Gasteiger partial charge is 0.454 e. The highest BCUT2D eigenvalue weighted by Gasteiger charge is 2.22. The molecule has 0 saturated carbocycles. The Kier molecular flexibility index (Phi) is 5.20. The number of piperazine rings is 1. The number of hydrogen-bond donors (Lipinski definition) is 1. The van der Waals surface area contributed by atoms with Crippen LogP contribution in [0.3, 0.4) is 0 Å². The number of carbonyl (C=O) groups is 2. The summed E-state index contributed by atoms with van der Waals surface area (Å²) in [6.45, 7) is 5.99. The first-order valence-corrected chi connectivity index (χ1v) is 8.31. The Hall–Kier alpha value is -2.28. The number of carbonyl (C=O) groups excluding carboxylic acids is 2. The Labute approximate surface area is 141 Å². The highest BCUT2D eigenvalue weighted by atomic mass is 16.7. The molecule has 2 aliphatic heterocycles. The minimum atomic E-state index is -0.0928. The van der Waals surface area contributed by atoms with Gasteiger partial charge in [0, 0.05) is 39.1 Å². The number of rotatable bonds is 5. The molecule has 1 N–H and O–H groups in total. The lowest BCUT2D eigenvalue weighted by molar-refractivity contribution is -0.134. The van der Waals surface area contributed by atoms with Crippen molar-refractivity contribution < 1.29 is 19.1 Å². The highest BCUT2D eigenvalue weighted by Crippen LogP contribution is 2.32. The summed E-state index contributed by atoms with van der Waals surface area (Å²) in [6.07, 6.45) is 0.399. The van der Waals surface area contributed by atoms with Crippen molar-refractivity contribution in [3.8, 4) is 11.5 Å². The van der Waals surface area contributed by atoms with E-state index < -0.39 is 0 Å². The topological polar surface area (TPSA) is 71.1 Å². The third kappa shape index (κ3) is 3.97. The fourth-order valence-corrected chi connectivity index (χ4v) is 2.86. The molecule has 2 amide bonds. The van der Waals surface area contributed by atoms with E-state index in [4.69, 9.17) is 9.47 Å². The molecule has 2 heterocycles. The first-order valence-electron chi connectivity index (χ1n) is 8.31. The van der Waals surface area contributed by atoms with Crippen molar-refractivity contribution in [1.82, 2.24) is 15.1 Å². The molecule has 0 unspecified atom stereocenters. The second-order valence-corrected chi connectivity index (χ2v) is 5.97. The van der Waals surface area contributed by atoms with Gasteiger partial charge in [0.15, 0.2) is 11.5 Å². The Morgan fingerprint density at radius 2 is 1.88 bits per heavy atom. The molecule has 2 aliphatic rings. The molecule has 0 spiro atoms. The summed E-state index contributed by atoms with van der Waals surface area (Å²) in [5.74, 6) is 1.49. The van der Waals surface area contributed by atoms with E-state index in [1.54, 1.807) is 6.92 Å². The summed E-state index contributed by atoms with van der Waals surface area (Å²) in [5, 5.41) is 2.63. The molecular formula is C17H23N3O4. The average Bonchev–Trinajstić information content (AvgIpc) is 3.07. The van der Waals surface area contributed by atoms with E-state index in [9.17, 15) is 9.59 Å². The van der Waals surface area contributed by atoms with Gasteiger partial charge in [0.1, 0.15) is 0 Å². The van der Waals surface area contributed by atoms with Crippen LogP contribution in [0.4, 0.5) is 0 Å². The van der Waals surface area contributed by atoms with Gasteiger partial charge in [-0.15, -0.1) is 0 Å². The summed E-state index contributed by atoms with van der Waals surface area (Å²) < 4.78 is 10.7. The SMILES string of the molecule is CCC(=O)NCC(=O)N1CCN(Cc2ccc3c(c2)OCO3)CC1. The molecule has 1 fully saturated rings. The zero-order chi connectivity index (χ0) is 16.9. The van der Waals surface area contributed by atoms with E-state index in [1.165, 1.54) is 5.56 Å². The molecule has 0 aliphatic carbocycles. The van der Waals surface area contributed by atoms with E-state index >= 15 is 0 Å². The van der Waals surface area contributed by atoms with Crippen LogP contribution in [0, 0.1) is 0 Å². The van der Waals surface area contributed by atoms with Crippen LogP contribution in [0.25, 0.3) is 0 Å². The van der Waals surface area contributed by atoms with E-state index in [-0.39, 0.29) is 25.2 Å². The van der Waals surface area contributed by atoms with Gasteiger partial charge >= 0.3 is 0 Å². The first kappa shape index (κ1) is 16.6. The van der Waals surface area contributed by atoms with Crippen LogP contribution in [0.2, 0.25) is 0 Å². The van der Waals surface area contributed by atoms with Crippen molar-refractivity contribution in [1.29, 1.82) is 0 Å². The fourth-order valence-electron chi connectivity index (χ4n) is 2.86. The molecule has 0 atom stereocenters. The monoisotopic (exact) mass is 333 g/mol. The molecule has 7 heteroatoms. The molecule has 1 aromatic carbocycles. The van der Waals surface area contributed by atoms with Crippen molar-refractivity contribution in [3.05, 3.63) is 23.8 Å². The lowest BCUT2D eigenvalue weighted by atomic mass is 10.1. The van der Waals surface area contributed by atoms with Gasteiger partial charge in [-0.25, -0.2) is 0 Å². The third-order valence-corrected chi connectivity index (χ3v) is 4.33. The van der Waals surface area contributed by atoms with Gasteiger partial charge in [-0.1, -0.05) is 13.0 Å². The van der Waals surface area contributed by atoms with Crippen LogP contribution in [-0.2, 0) is 16.1 Å². The number of nitrogens with zero attached hydrogens (tertiary/aromatic N) is 2. The summed E-state index contributed by atoms with van der Waals surface area (Å²) in [7, 11) is 0. The number of ether oxygens (including phenoxy) is 2. The zero-order valence-corrected chi connectivity index (χ0v) is 13.9. The van der Waals surface area contributed by atoms with Crippen LogP contribution in [0.15, 0.2) is 18.2 Å². The molecule has 1 saturated heterocycles. The Bertz CT molecular complexity index is 612. The summed E-state index contributed by atoms with van der Waals surface area (Å²) >= 11 is 0. The molecule has 1 aromatic rings.